The molecule has 0 aromatic heterocycles. The van der Waals surface area contributed by atoms with Crippen LogP contribution in [0.3, 0.4) is 0 Å². The van der Waals surface area contributed by atoms with Crippen LogP contribution in [0.5, 0.6) is 0 Å². The van der Waals surface area contributed by atoms with Gasteiger partial charge in [0, 0.05) is 6.07 Å². The van der Waals surface area contributed by atoms with E-state index >= 15 is 0 Å². The summed E-state index contributed by atoms with van der Waals surface area (Å²) in [6.07, 6.45) is 1.02. The van der Waals surface area contributed by atoms with Crippen LogP contribution in [-0.2, 0) is 14.8 Å². The molecule has 0 fully saturated rings. The first kappa shape index (κ1) is 21.4. The van der Waals surface area contributed by atoms with Crippen LogP contribution >= 0.6 is 23.2 Å². The molecule has 2 aromatic carbocycles. The van der Waals surface area contributed by atoms with Gasteiger partial charge in [0.05, 0.1) is 27.7 Å². The van der Waals surface area contributed by atoms with E-state index in [-0.39, 0.29) is 27.8 Å². The minimum atomic E-state index is -3.90. The van der Waals surface area contributed by atoms with Gasteiger partial charge in [-0.1, -0.05) is 30.1 Å². The zero-order valence-corrected chi connectivity index (χ0v) is 16.7. The number of carbonyl (C=O) groups is 1. The monoisotopic (exact) mass is 436 g/mol. The Morgan fingerprint density at radius 3 is 2.33 bits per heavy atom. The Kier molecular flexibility index (Phi) is 6.67. The Bertz CT molecular complexity index is 971. The second-order valence-electron chi connectivity index (χ2n) is 5.69. The van der Waals surface area contributed by atoms with Gasteiger partial charge in [0.1, 0.15) is 17.7 Å². The van der Waals surface area contributed by atoms with Gasteiger partial charge in [0.15, 0.2) is 0 Å². The maximum atomic E-state index is 13.8. The summed E-state index contributed by atoms with van der Waals surface area (Å²) in [5.74, 6) is -2.55. The van der Waals surface area contributed by atoms with Gasteiger partial charge < -0.3 is 5.32 Å². The highest BCUT2D eigenvalue weighted by atomic mass is 35.5. The number of rotatable bonds is 6. The van der Waals surface area contributed by atoms with Crippen LogP contribution in [0.25, 0.3) is 0 Å². The van der Waals surface area contributed by atoms with Gasteiger partial charge in [0.25, 0.3) is 0 Å². The van der Waals surface area contributed by atoms with Crippen molar-refractivity contribution in [2.24, 2.45) is 0 Å². The Balaban J connectivity index is 2.42. The average Bonchev–Trinajstić information content (AvgIpc) is 2.56. The predicted molar refractivity (Wildman–Crippen MR) is 103 cm³/mol. The lowest BCUT2D eigenvalue weighted by Crippen LogP contribution is -2.47. The molecule has 0 radical (unpaired) electrons. The summed E-state index contributed by atoms with van der Waals surface area (Å²) in [6.45, 7) is 1.60. The molecule has 146 valence electrons. The van der Waals surface area contributed by atoms with Crippen molar-refractivity contribution in [2.45, 2.75) is 19.4 Å². The third-order valence-corrected chi connectivity index (χ3v) is 5.60. The van der Waals surface area contributed by atoms with Crippen LogP contribution in [0.15, 0.2) is 36.4 Å². The van der Waals surface area contributed by atoms with E-state index in [0.717, 1.165) is 22.7 Å². The maximum absolute atomic E-state index is 13.8. The largest absolute Gasteiger partial charge is 0.322 e. The van der Waals surface area contributed by atoms with Gasteiger partial charge in [-0.3, -0.25) is 9.10 Å². The highest BCUT2D eigenvalue weighted by Gasteiger charge is 2.32. The number of hydrogen-bond acceptors (Lipinski definition) is 3. The number of anilines is 2. The molecule has 1 N–H and O–H groups in total. The highest BCUT2D eigenvalue weighted by molar-refractivity contribution is 7.92. The molecule has 1 unspecified atom stereocenters. The third kappa shape index (κ3) is 5.09. The fourth-order valence-electron chi connectivity index (χ4n) is 2.49. The van der Waals surface area contributed by atoms with Gasteiger partial charge in [-0.2, -0.15) is 0 Å². The molecule has 1 atom stereocenters. The number of carbonyl (C=O) groups excluding carboxylic acids is 1. The highest BCUT2D eigenvalue weighted by Crippen LogP contribution is 2.30. The summed E-state index contributed by atoms with van der Waals surface area (Å²) in [5, 5.41) is 2.63. The molecular weight excluding hydrogens is 421 g/mol. The lowest BCUT2D eigenvalue weighted by atomic mass is 10.1. The molecular formula is C17H16Cl2F2N2O3S. The summed E-state index contributed by atoms with van der Waals surface area (Å²) in [6, 6.07) is 5.59. The fraction of sp³-hybridized carbons (Fsp3) is 0.235. The van der Waals surface area contributed by atoms with Crippen molar-refractivity contribution in [3.05, 3.63) is 58.1 Å². The quantitative estimate of drug-likeness (QED) is 0.726. The molecule has 10 heteroatoms. The number of nitrogens with zero attached hydrogens (tertiary/aromatic N) is 1. The lowest BCUT2D eigenvalue weighted by molar-refractivity contribution is -0.117. The molecule has 0 saturated carbocycles. The molecule has 0 heterocycles. The van der Waals surface area contributed by atoms with Gasteiger partial charge >= 0.3 is 0 Å². The van der Waals surface area contributed by atoms with Crippen molar-refractivity contribution in [3.8, 4) is 0 Å². The molecule has 0 aliphatic carbocycles. The summed E-state index contributed by atoms with van der Waals surface area (Å²) >= 11 is 11.8. The smallest absolute Gasteiger partial charge is 0.248 e. The van der Waals surface area contributed by atoms with Gasteiger partial charge in [0.2, 0.25) is 15.9 Å². The van der Waals surface area contributed by atoms with E-state index in [4.69, 9.17) is 23.2 Å². The van der Waals surface area contributed by atoms with Crippen LogP contribution < -0.4 is 9.62 Å². The third-order valence-electron chi connectivity index (χ3n) is 3.68. The molecule has 2 rings (SSSR count). The van der Waals surface area contributed by atoms with Gasteiger partial charge in [-0.05, 0) is 36.8 Å². The number of sulfonamides is 1. The Hall–Kier alpha value is -1.90. The van der Waals surface area contributed by atoms with Crippen LogP contribution in [0, 0.1) is 11.6 Å². The van der Waals surface area contributed by atoms with E-state index in [1.54, 1.807) is 6.92 Å². The lowest BCUT2D eigenvalue weighted by Gasteiger charge is -2.30. The van der Waals surface area contributed by atoms with Gasteiger partial charge in [-0.25, -0.2) is 17.2 Å². The van der Waals surface area contributed by atoms with Crippen molar-refractivity contribution in [2.75, 3.05) is 15.9 Å². The maximum Gasteiger partial charge on any atom is 0.248 e. The van der Waals surface area contributed by atoms with Crippen LogP contribution in [0.1, 0.15) is 13.3 Å². The molecule has 0 spiro atoms. The first-order chi connectivity index (χ1) is 12.5. The van der Waals surface area contributed by atoms with Crippen molar-refractivity contribution < 1.29 is 22.0 Å². The average molecular weight is 437 g/mol. The predicted octanol–water partition coefficient (Wildman–Crippen LogP) is 4.45. The minimum absolute atomic E-state index is 0.0853. The van der Waals surface area contributed by atoms with Gasteiger partial charge in [-0.15, -0.1) is 0 Å². The molecule has 2 aromatic rings. The number of benzene rings is 2. The van der Waals surface area contributed by atoms with Crippen LogP contribution in [0.4, 0.5) is 20.2 Å². The Morgan fingerprint density at radius 2 is 1.81 bits per heavy atom. The number of amides is 1. The zero-order chi connectivity index (χ0) is 20.4. The summed E-state index contributed by atoms with van der Waals surface area (Å²) < 4.78 is 52.4. The first-order valence-electron chi connectivity index (χ1n) is 7.75. The SMILES string of the molecule is CCC(C(=O)Nc1ccc(F)cc1F)N(c1ccc(Cl)c(Cl)c1)S(C)(=O)=O. The van der Waals surface area contributed by atoms with Crippen molar-refractivity contribution >= 4 is 50.5 Å². The summed E-state index contributed by atoms with van der Waals surface area (Å²) in [5.41, 5.74) is -0.129. The number of halogens is 4. The molecule has 5 nitrogen and oxygen atoms in total. The van der Waals surface area contributed by atoms with Crippen LogP contribution in [-0.4, -0.2) is 26.6 Å². The van der Waals surface area contributed by atoms with E-state index in [2.05, 4.69) is 5.32 Å². The molecule has 0 aliphatic rings. The molecule has 1 amide bonds. The Morgan fingerprint density at radius 1 is 1.15 bits per heavy atom. The molecule has 0 aliphatic heterocycles. The van der Waals surface area contributed by atoms with E-state index in [1.807, 2.05) is 0 Å². The Labute approximate surface area is 165 Å². The number of hydrogen-bond donors (Lipinski definition) is 1. The second kappa shape index (κ2) is 8.41. The molecule has 0 saturated heterocycles. The number of nitrogens with one attached hydrogen (secondary N) is 1. The first-order valence-corrected chi connectivity index (χ1v) is 10.4. The fourth-order valence-corrected chi connectivity index (χ4v) is 3.99. The summed E-state index contributed by atoms with van der Waals surface area (Å²) in [7, 11) is -3.90. The second-order valence-corrected chi connectivity index (χ2v) is 8.37. The van der Waals surface area contributed by atoms with E-state index in [9.17, 15) is 22.0 Å². The van der Waals surface area contributed by atoms with E-state index < -0.39 is 33.6 Å². The van der Waals surface area contributed by atoms with E-state index in [1.165, 1.54) is 18.2 Å². The van der Waals surface area contributed by atoms with Crippen molar-refractivity contribution in [1.29, 1.82) is 0 Å². The van der Waals surface area contributed by atoms with E-state index in [0.29, 0.717) is 6.07 Å². The topological polar surface area (TPSA) is 66.5 Å². The van der Waals surface area contributed by atoms with Crippen molar-refractivity contribution in [1.82, 2.24) is 0 Å². The molecule has 27 heavy (non-hydrogen) atoms. The van der Waals surface area contributed by atoms with Crippen LogP contribution in [0.2, 0.25) is 10.0 Å². The standard InChI is InChI=1S/C17H16Cl2F2N2O3S/c1-3-16(17(24)22-15-7-4-10(20)8-14(15)21)23(27(2,25)26)11-5-6-12(18)13(19)9-11/h4-9,16H,3H2,1-2H3,(H,22,24). The summed E-state index contributed by atoms with van der Waals surface area (Å²) in [4.78, 5) is 12.7. The normalized spacial score (nSPS) is 12.5. The molecule has 0 bridgehead atoms. The zero-order valence-electron chi connectivity index (χ0n) is 14.3. The minimum Gasteiger partial charge on any atom is -0.322 e. The van der Waals surface area contributed by atoms with Crippen molar-refractivity contribution in [3.63, 3.8) is 0 Å².